The molecule has 92 valence electrons. The van der Waals surface area contributed by atoms with Crippen LogP contribution in [0.15, 0.2) is 24.3 Å². The maximum atomic E-state index is 11.6. The zero-order valence-corrected chi connectivity index (χ0v) is 11.7. The Balaban J connectivity index is 3.02. The number of hydrogen-bond donors (Lipinski definition) is 0. The van der Waals surface area contributed by atoms with Gasteiger partial charge in [-0.1, -0.05) is 40.2 Å². The van der Waals surface area contributed by atoms with E-state index in [1.54, 1.807) is 38.1 Å². The Morgan fingerprint density at radius 2 is 1.76 bits per heavy atom. The first-order chi connectivity index (χ1) is 7.93. The highest BCUT2D eigenvalue weighted by Crippen LogP contribution is 2.25. The zero-order valence-electron chi connectivity index (χ0n) is 10.1. The number of benzene rings is 1. The van der Waals surface area contributed by atoms with Crippen LogP contribution in [0.25, 0.3) is 0 Å². The average molecular weight is 299 g/mol. The molecule has 0 fully saturated rings. The second-order valence-corrected chi connectivity index (χ2v) is 4.81. The Morgan fingerprint density at radius 3 is 2.18 bits per heavy atom. The molecule has 0 unspecified atom stereocenters. The minimum absolute atomic E-state index is 0.0208. The van der Waals surface area contributed by atoms with Crippen LogP contribution < -0.4 is 0 Å². The van der Waals surface area contributed by atoms with E-state index < -0.39 is 5.41 Å². The predicted octanol–water partition coefficient (Wildman–Crippen LogP) is 2.71. The van der Waals surface area contributed by atoms with Crippen molar-refractivity contribution in [3.8, 4) is 0 Å². The number of carbonyl (C=O) groups is 2. The fraction of sp³-hybridized carbons (Fsp3) is 0.385. The summed E-state index contributed by atoms with van der Waals surface area (Å²) in [6.07, 6.45) is 0. The highest BCUT2D eigenvalue weighted by Gasteiger charge is 2.30. The monoisotopic (exact) mass is 298 g/mol. The summed E-state index contributed by atoms with van der Waals surface area (Å²) in [4.78, 5) is 23.0. The highest BCUT2D eigenvalue weighted by atomic mass is 79.9. The van der Waals surface area contributed by atoms with Crippen LogP contribution in [0, 0.1) is 0 Å². The van der Waals surface area contributed by atoms with Gasteiger partial charge in [0.1, 0.15) is 0 Å². The Bertz CT molecular complexity index is 421. The van der Waals surface area contributed by atoms with Gasteiger partial charge in [0.25, 0.3) is 0 Å². The number of hydrogen-bond acceptors (Lipinski definition) is 3. The number of methoxy groups -OCH3 is 1. The molecule has 1 aromatic carbocycles. The lowest BCUT2D eigenvalue weighted by molar-refractivity contribution is -0.146. The van der Waals surface area contributed by atoms with Crippen molar-refractivity contribution in [2.24, 2.45) is 0 Å². The summed E-state index contributed by atoms with van der Waals surface area (Å²) < 4.78 is 4.75. The maximum absolute atomic E-state index is 11.6. The molecule has 0 aliphatic heterocycles. The first-order valence-electron chi connectivity index (χ1n) is 5.21. The van der Waals surface area contributed by atoms with E-state index in [-0.39, 0.29) is 11.8 Å². The zero-order chi connectivity index (χ0) is 13.1. The topological polar surface area (TPSA) is 43.4 Å². The van der Waals surface area contributed by atoms with Gasteiger partial charge in [0.15, 0.2) is 5.78 Å². The summed E-state index contributed by atoms with van der Waals surface area (Å²) in [7, 11) is 1.37. The standard InChI is InChI=1S/C13H15BrO3/c1-13(2,12(16)17-3)10-6-4-9(5-7-10)11(15)8-14/h4-7H,8H2,1-3H3. The third kappa shape index (κ3) is 2.94. The van der Waals surface area contributed by atoms with Crippen molar-refractivity contribution in [3.63, 3.8) is 0 Å². The van der Waals surface area contributed by atoms with Crippen LogP contribution in [0.2, 0.25) is 0 Å². The molecule has 17 heavy (non-hydrogen) atoms. The van der Waals surface area contributed by atoms with E-state index in [0.717, 1.165) is 5.56 Å². The molecular formula is C13H15BrO3. The van der Waals surface area contributed by atoms with Gasteiger partial charge >= 0.3 is 5.97 Å². The second-order valence-electron chi connectivity index (χ2n) is 4.25. The van der Waals surface area contributed by atoms with Gasteiger partial charge in [-0.05, 0) is 19.4 Å². The molecule has 0 aliphatic carbocycles. The number of Topliss-reactive ketones (excluding diaryl/α,β-unsaturated/α-hetero) is 1. The number of ketones is 1. The fourth-order valence-corrected chi connectivity index (χ4v) is 1.85. The summed E-state index contributed by atoms with van der Waals surface area (Å²) in [6, 6.07) is 7.02. The second kappa shape index (κ2) is 5.45. The predicted molar refractivity (Wildman–Crippen MR) is 69.6 cm³/mol. The van der Waals surface area contributed by atoms with Gasteiger partial charge in [-0.2, -0.15) is 0 Å². The van der Waals surface area contributed by atoms with E-state index in [4.69, 9.17) is 4.74 Å². The number of alkyl halides is 1. The summed E-state index contributed by atoms with van der Waals surface area (Å²) in [6.45, 7) is 3.58. The van der Waals surface area contributed by atoms with Crippen molar-refractivity contribution < 1.29 is 14.3 Å². The van der Waals surface area contributed by atoms with Crippen LogP contribution in [0.1, 0.15) is 29.8 Å². The lowest BCUT2D eigenvalue weighted by atomic mass is 9.84. The summed E-state index contributed by atoms with van der Waals surface area (Å²) >= 11 is 3.12. The normalized spacial score (nSPS) is 11.1. The molecule has 1 rings (SSSR count). The van der Waals surface area contributed by atoms with Gasteiger partial charge in [0, 0.05) is 5.56 Å². The van der Waals surface area contributed by atoms with Crippen LogP contribution >= 0.6 is 15.9 Å². The molecule has 0 saturated carbocycles. The lowest BCUT2D eigenvalue weighted by Gasteiger charge is -2.22. The Morgan fingerprint density at radius 1 is 1.24 bits per heavy atom. The third-order valence-electron chi connectivity index (χ3n) is 2.75. The molecule has 0 heterocycles. The van der Waals surface area contributed by atoms with Crippen molar-refractivity contribution in [2.75, 3.05) is 12.4 Å². The first-order valence-corrected chi connectivity index (χ1v) is 6.33. The number of esters is 1. The van der Waals surface area contributed by atoms with Crippen molar-refractivity contribution in [1.82, 2.24) is 0 Å². The molecule has 0 saturated heterocycles. The van der Waals surface area contributed by atoms with Crippen molar-refractivity contribution in [1.29, 1.82) is 0 Å². The molecule has 0 atom stereocenters. The molecule has 0 aliphatic rings. The van der Waals surface area contributed by atoms with Crippen molar-refractivity contribution >= 4 is 27.7 Å². The largest absolute Gasteiger partial charge is 0.468 e. The maximum Gasteiger partial charge on any atom is 0.315 e. The summed E-state index contributed by atoms with van der Waals surface area (Å²) in [5.41, 5.74) is 0.756. The number of carbonyl (C=O) groups excluding carboxylic acids is 2. The molecule has 3 nitrogen and oxygen atoms in total. The van der Waals surface area contributed by atoms with Gasteiger partial charge in [-0.3, -0.25) is 9.59 Å². The van der Waals surface area contributed by atoms with E-state index >= 15 is 0 Å². The Hall–Kier alpha value is -1.16. The van der Waals surface area contributed by atoms with E-state index in [0.29, 0.717) is 10.9 Å². The molecule has 0 N–H and O–H groups in total. The molecule has 1 aromatic rings. The quantitative estimate of drug-likeness (QED) is 0.488. The lowest BCUT2D eigenvalue weighted by Crippen LogP contribution is -2.30. The number of ether oxygens (including phenoxy) is 1. The van der Waals surface area contributed by atoms with Gasteiger partial charge in [-0.25, -0.2) is 0 Å². The average Bonchev–Trinajstić information content (AvgIpc) is 2.36. The first kappa shape index (κ1) is 13.9. The number of halogens is 1. The minimum Gasteiger partial charge on any atom is -0.468 e. The van der Waals surface area contributed by atoms with Crippen molar-refractivity contribution in [2.45, 2.75) is 19.3 Å². The summed E-state index contributed by atoms with van der Waals surface area (Å²) in [5.74, 6) is -0.274. The van der Waals surface area contributed by atoms with Crippen LogP contribution in [-0.2, 0) is 14.9 Å². The molecule has 0 spiro atoms. The molecule has 0 radical (unpaired) electrons. The molecule has 0 amide bonds. The van der Waals surface area contributed by atoms with Gasteiger partial charge in [0.2, 0.25) is 0 Å². The SMILES string of the molecule is COC(=O)C(C)(C)c1ccc(C(=O)CBr)cc1. The van der Waals surface area contributed by atoms with E-state index in [1.165, 1.54) is 7.11 Å². The van der Waals surface area contributed by atoms with Gasteiger partial charge in [-0.15, -0.1) is 0 Å². The molecule has 0 aromatic heterocycles. The fourth-order valence-electron chi connectivity index (χ4n) is 1.52. The third-order valence-corrected chi connectivity index (χ3v) is 3.25. The Kier molecular flexibility index (Phi) is 4.46. The van der Waals surface area contributed by atoms with E-state index in [1.807, 2.05) is 0 Å². The van der Waals surface area contributed by atoms with Crippen LogP contribution in [0.3, 0.4) is 0 Å². The van der Waals surface area contributed by atoms with Crippen LogP contribution in [0.5, 0.6) is 0 Å². The molecular weight excluding hydrogens is 284 g/mol. The van der Waals surface area contributed by atoms with Gasteiger partial charge < -0.3 is 4.74 Å². The van der Waals surface area contributed by atoms with Crippen LogP contribution in [-0.4, -0.2) is 24.2 Å². The molecule has 0 bridgehead atoms. The Labute approximate surface area is 109 Å². The highest BCUT2D eigenvalue weighted by molar-refractivity contribution is 9.09. The van der Waals surface area contributed by atoms with Crippen LogP contribution in [0.4, 0.5) is 0 Å². The molecule has 4 heteroatoms. The van der Waals surface area contributed by atoms with Crippen molar-refractivity contribution in [3.05, 3.63) is 35.4 Å². The van der Waals surface area contributed by atoms with E-state index in [9.17, 15) is 9.59 Å². The van der Waals surface area contributed by atoms with Gasteiger partial charge in [0.05, 0.1) is 17.9 Å². The summed E-state index contributed by atoms with van der Waals surface area (Å²) in [5, 5.41) is 0.298. The van der Waals surface area contributed by atoms with E-state index in [2.05, 4.69) is 15.9 Å². The minimum atomic E-state index is -0.704. The number of rotatable bonds is 4. The smallest absolute Gasteiger partial charge is 0.315 e.